The van der Waals surface area contributed by atoms with E-state index in [-0.39, 0.29) is 5.91 Å². The number of pyridine rings is 1. The number of rotatable bonds is 5. The first-order valence-corrected chi connectivity index (χ1v) is 8.05. The highest BCUT2D eigenvalue weighted by atomic mass is 35.5. The fourth-order valence-electron chi connectivity index (χ4n) is 2.23. The van der Waals surface area contributed by atoms with Crippen LogP contribution in [0.1, 0.15) is 10.4 Å². The second-order valence-corrected chi connectivity index (χ2v) is 5.99. The third-order valence-electron chi connectivity index (χ3n) is 3.37. The van der Waals surface area contributed by atoms with Gasteiger partial charge in [0.1, 0.15) is 0 Å². The van der Waals surface area contributed by atoms with Gasteiger partial charge in [-0.05, 0) is 36.4 Å². The van der Waals surface area contributed by atoms with Crippen LogP contribution >= 0.6 is 23.2 Å². The summed E-state index contributed by atoms with van der Waals surface area (Å²) in [6.45, 7) is 1.01. The van der Waals surface area contributed by atoms with Gasteiger partial charge in [0.2, 0.25) is 0 Å². The Morgan fingerprint density at radius 1 is 1.08 bits per heavy atom. The van der Waals surface area contributed by atoms with Crippen LogP contribution in [0.4, 0.5) is 0 Å². The predicted octanol–water partition coefficient (Wildman–Crippen LogP) is 3.68. The molecule has 122 valence electrons. The molecule has 2 heterocycles. The van der Waals surface area contributed by atoms with Gasteiger partial charge in [-0.2, -0.15) is 5.10 Å². The molecule has 0 aliphatic heterocycles. The molecule has 0 spiro atoms. The third kappa shape index (κ3) is 4.13. The standard InChI is InChI=1S/C17H14Cl2N4O/c18-14-9-13(10-15(19)11-14)17(24)21-6-8-23-7-3-16(22-23)12-1-4-20-5-2-12/h1-5,7,9-11H,6,8H2,(H,21,24). The van der Waals surface area contributed by atoms with E-state index in [0.29, 0.717) is 28.7 Å². The second kappa shape index (κ2) is 7.47. The van der Waals surface area contributed by atoms with E-state index in [2.05, 4.69) is 15.4 Å². The van der Waals surface area contributed by atoms with Gasteiger partial charge in [-0.1, -0.05) is 23.2 Å². The van der Waals surface area contributed by atoms with Crippen molar-refractivity contribution in [1.29, 1.82) is 0 Å². The number of hydrogen-bond acceptors (Lipinski definition) is 3. The fraction of sp³-hybridized carbons (Fsp3) is 0.118. The molecule has 0 atom stereocenters. The zero-order valence-electron chi connectivity index (χ0n) is 12.6. The molecular formula is C17H14Cl2N4O. The van der Waals surface area contributed by atoms with Crippen LogP contribution < -0.4 is 5.32 Å². The predicted molar refractivity (Wildman–Crippen MR) is 94.3 cm³/mol. The highest BCUT2D eigenvalue weighted by molar-refractivity contribution is 6.35. The zero-order valence-corrected chi connectivity index (χ0v) is 14.1. The van der Waals surface area contributed by atoms with E-state index < -0.39 is 0 Å². The van der Waals surface area contributed by atoms with Gasteiger partial charge in [0.05, 0.1) is 12.2 Å². The summed E-state index contributed by atoms with van der Waals surface area (Å²) in [5.41, 5.74) is 2.30. The number of nitrogens with zero attached hydrogens (tertiary/aromatic N) is 3. The van der Waals surface area contributed by atoms with Gasteiger partial charge in [0.25, 0.3) is 5.91 Å². The van der Waals surface area contributed by atoms with E-state index in [9.17, 15) is 4.79 Å². The first kappa shape index (κ1) is 16.5. The third-order valence-corrected chi connectivity index (χ3v) is 3.80. The summed E-state index contributed by atoms with van der Waals surface area (Å²) >= 11 is 11.8. The molecule has 1 aromatic carbocycles. The Balaban J connectivity index is 1.57. The summed E-state index contributed by atoms with van der Waals surface area (Å²) in [7, 11) is 0. The number of benzene rings is 1. The Morgan fingerprint density at radius 2 is 1.79 bits per heavy atom. The number of aromatic nitrogens is 3. The molecule has 0 saturated heterocycles. The van der Waals surface area contributed by atoms with Crippen LogP contribution in [0.25, 0.3) is 11.3 Å². The summed E-state index contributed by atoms with van der Waals surface area (Å²) in [5, 5.41) is 8.16. The highest BCUT2D eigenvalue weighted by Crippen LogP contribution is 2.19. The van der Waals surface area contributed by atoms with Crippen LogP contribution in [-0.4, -0.2) is 27.2 Å². The summed E-state index contributed by atoms with van der Waals surface area (Å²) in [4.78, 5) is 16.1. The summed E-state index contributed by atoms with van der Waals surface area (Å²) in [6, 6.07) is 10.5. The van der Waals surface area contributed by atoms with Crippen molar-refractivity contribution < 1.29 is 4.79 Å². The van der Waals surface area contributed by atoms with Crippen LogP contribution in [0, 0.1) is 0 Å². The van der Waals surface area contributed by atoms with Crippen molar-refractivity contribution in [2.45, 2.75) is 6.54 Å². The van der Waals surface area contributed by atoms with Crippen molar-refractivity contribution in [2.75, 3.05) is 6.54 Å². The van der Waals surface area contributed by atoms with Crippen molar-refractivity contribution in [3.63, 3.8) is 0 Å². The van der Waals surface area contributed by atoms with E-state index in [1.165, 1.54) is 0 Å². The van der Waals surface area contributed by atoms with Crippen molar-refractivity contribution >= 4 is 29.1 Å². The van der Waals surface area contributed by atoms with E-state index in [1.54, 1.807) is 35.3 Å². The lowest BCUT2D eigenvalue weighted by atomic mass is 10.2. The van der Waals surface area contributed by atoms with E-state index in [0.717, 1.165) is 11.3 Å². The Hall–Kier alpha value is -2.37. The molecule has 0 radical (unpaired) electrons. The maximum absolute atomic E-state index is 12.1. The minimum absolute atomic E-state index is 0.221. The molecule has 1 amide bonds. The van der Waals surface area contributed by atoms with E-state index >= 15 is 0 Å². The fourth-order valence-corrected chi connectivity index (χ4v) is 2.76. The Labute approximate surface area is 149 Å². The average molecular weight is 361 g/mol. The quantitative estimate of drug-likeness (QED) is 0.754. The van der Waals surface area contributed by atoms with Crippen molar-refractivity contribution in [2.24, 2.45) is 0 Å². The minimum atomic E-state index is -0.221. The summed E-state index contributed by atoms with van der Waals surface area (Å²) in [6.07, 6.45) is 5.33. The smallest absolute Gasteiger partial charge is 0.251 e. The molecule has 3 rings (SSSR count). The van der Waals surface area contributed by atoms with Crippen molar-refractivity contribution in [3.05, 3.63) is 70.6 Å². The normalized spacial score (nSPS) is 10.6. The maximum Gasteiger partial charge on any atom is 0.251 e. The van der Waals surface area contributed by atoms with Gasteiger partial charge in [-0.3, -0.25) is 14.5 Å². The lowest BCUT2D eigenvalue weighted by molar-refractivity contribution is 0.0952. The van der Waals surface area contributed by atoms with Crippen molar-refractivity contribution in [1.82, 2.24) is 20.1 Å². The topological polar surface area (TPSA) is 59.8 Å². The molecule has 1 N–H and O–H groups in total. The maximum atomic E-state index is 12.1. The lowest BCUT2D eigenvalue weighted by Crippen LogP contribution is -2.27. The summed E-state index contributed by atoms with van der Waals surface area (Å²) in [5.74, 6) is -0.221. The number of halogens is 2. The number of nitrogens with one attached hydrogen (secondary N) is 1. The second-order valence-electron chi connectivity index (χ2n) is 5.11. The Kier molecular flexibility index (Phi) is 5.13. The number of hydrogen-bond donors (Lipinski definition) is 1. The van der Waals surface area contributed by atoms with Gasteiger partial charge in [-0.25, -0.2) is 0 Å². The number of amides is 1. The van der Waals surface area contributed by atoms with Gasteiger partial charge < -0.3 is 5.32 Å². The molecule has 0 bridgehead atoms. The van der Waals surface area contributed by atoms with Crippen LogP contribution in [0.5, 0.6) is 0 Å². The Bertz CT molecular complexity index is 829. The van der Waals surface area contributed by atoms with Gasteiger partial charge in [0, 0.05) is 46.3 Å². The van der Waals surface area contributed by atoms with Crippen LogP contribution in [0.2, 0.25) is 10.0 Å². The molecule has 0 aliphatic rings. The molecule has 7 heteroatoms. The monoisotopic (exact) mass is 360 g/mol. The van der Waals surface area contributed by atoms with E-state index in [1.807, 2.05) is 24.4 Å². The first-order valence-electron chi connectivity index (χ1n) is 7.30. The SMILES string of the molecule is O=C(NCCn1ccc(-c2ccncc2)n1)c1cc(Cl)cc(Cl)c1. The van der Waals surface area contributed by atoms with Crippen molar-refractivity contribution in [3.8, 4) is 11.3 Å². The molecule has 0 saturated carbocycles. The highest BCUT2D eigenvalue weighted by Gasteiger charge is 2.08. The first-order chi connectivity index (χ1) is 11.6. The molecule has 2 aromatic heterocycles. The van der Waals surface area contributed by atoms with Crippen LogP contribution in [-0.2, 0) is 6.54 Å². The summed E-state index contributed by atoms with van der Waals surface area (Å²) < 4.78 is 1.78. The largest absolute Gasteiger partial charge is 0.350 e. The number of carbonyl (C=O) groups is 1. The average Bonchev–Trinajstić information content (AvgIpc) is 3.03. The van der Waals surface area contributed by atoms with Gasteiger partial charge in [0.15, 0.2) is 0 Å². The molecule has 3 aromatic rings. The minimum Gasteiger partial charge on any atom is -0.350 e. The molecule has 0 aliphatic carbocycles. The molecule has 0 unspecified atom stereocenters. The van der Waals surface area contributed by atoms with Gasteiger partial charge in [-0.15, -0.1) is 0 Å². The van der Waals surface area contributed by atoms with Crippen LogP contribution in [0.3, 0.4) is 0 Å². The van der Waals surface area contributed by atoms with Gasteiger partial charge >= 0.3 is 0 Å². The Morgan fingerprint density at radius 3 is 2.50 bits per heavy atom. The lowest BCUT2D eigenvalue weighted by Gasteiger charge is -2.06. The van der Waals surface area contributed by atoms with E-state index in [4.69, 9.17) is 23.2 Å². The molecule has 0 fully saturated rings. The number of carbonyl (C=O) groups excluding carboxylic acids is 1. The zero-order chi connectivity index (χ0) is 16.9. The van der Waals surface area contributed by atoms with Crippen LogP contribution in [0.15, 0.2) is 55.0 Å². The molecule has 5 nitrogen and oxygen atoms in total. The molecule has 24 heavy (non-hydrogen) atoms. The molecular weight excluding hydrogens is 347 g/mol.